The highest BCUT2D eigenvalue weighted by Crippen LogP contribution is 2.23. The zero-order valence-corrected chi connectivity index (χ0v) is 11.5. The number of amides is 1. The lowest BCUT2D eigenvalue weighted by Crippen LogP contribution is -2.29. The van der Waals surface area contributed by atoms with Gasteiger partial charge in [-0.1, -0.05) is 17.7 Å². The Morgan fingerprint density at radius 3 is 2.83 bits per heavy atom. The zero-order chi connectivity index (χ0) is 13.0. The van der Waals surface area contributed by atoms with E-state index in [1.807, 2.05) is 5.38 Å². The van der Waals surface area contributed by atoms with Gasteiger partial charge in [0.1, 0.15) is 0 Å². The molecule has 6 heteroatoms. The molecule has 0 bridgehead atoms. The second-order valence-electron chi connectivity index (χ2n) is 3.72. The van der Waals surface area contributed by atoms with Crippen LogP contribution in [0.1, 0.15) is 21.1 Å². The summed E-state index contributed by atoms with van der Waals surface area (Å²) in [5.74, 6) is 5.46. The average Bonchev–Trinajstić information content (AvgIpc) is 2.86. The van der Waals surface area contributed by atoms with Gasteiger partial charge in [0.25, 0.3) is 5.91 Å². The number of hydrazine groups is 1. The van der Waals surface area contributed by atoms with Crippen molar-refractivity contribution in [3.8, 4) is 0 Å². The van der Waals surface area contributed by atoms with E-state index < -0.39 is 0 Å². The van der Waals surface area contributed by atoms with Gasteiger partial charge in [0, 0.05) is 16.0 Å². The molecule has 2 rings (SSSR count). The van der Waals surface area contributed by atoms with Crippen LogP contribution in [-0.2, 0) is 5.75 Å². The van der Waals surface area contributed by atoms with E-state index in [2.05, 4.69) is 41.6 Å². The van der Waals surface area contributed by atoms with Gasteiger partial charge in [-0.15, -0.1) is 23.1 Å². The lowest BCUT2D eigenvalue weighted by atomic mass is 10.2. The summed E-state index contributed by atoms with van der Waals surface area (Å²) in [7, 11) is 0. The quantitative estimate of drug-likeness (QED) is 0.390. The molecule has 4 nitrogen and oxygen atoms in total. The number of hydrogen-bond donors (Lipinski definition) is 2. The Kier molecular flexibility index (Phi) is 4.35. The second kappa shape index (κ2) is 5.99. The number of thiazole rings is 1. The normalized spacial score (nSPS) is 10.3. The highest BCUT2D eigenvalue weighted by molar-refractivity contribution is 7.98. The van der Waals surface area contributed by atoms with Gasteiger partial charge in [0.15, 0.2) is 5.01 Å². The molecular formula is C12H13N3OS2. The Labute approximate surface area is 114 Å². The standard InChI is InChI=1S/C12H13N3OS2/c1-8-2-4-10(5-3-8)17-6-9-7-18-12(14-9)11(16)15-13/h2-5,7H,6,13H2,1H3,(H,15,16). The molecule has 0 saturated heterocycles. The summed E-state index contributed by atoms with van der Waals surface area (Å²) in [4.78, 5) is 16.7. The molecule has 0 unspecified atom stereocenters. The van der Waals surface area contributed by atoms with Crippen molar-refractivity contribution in [3.63, 3.8) is 0 Å². The Bertz CT molecular complexity index is 537. The predicted molar refractivity (Wildman–Crippen MR) is 74.5 cm³/mol. The molecule has 1 aromatic carbocycles. The molecule has 0 atom stereocenters. The monoisotopic (exact) mass is 279 g/mol. The van der Waals surface area contributed by atoms with Gasteiger partial charge in [0.05, 0.1) is 5.69 Å². The van der Waals surface area contributed by atoms with E-state index >= 15 is 0 Å². The molecule has 0 aliphatic rings. The fourth-order valence-electron chi connectivity index (χ4n) is 1.33. The Morgan fingerprint density at radius 1 is 1.44 bits per heavy atom. The van der Waals surface area contributed by atoms with Crippen LogP contribution in [0.25, 0.3) is 0 Å². The number of nitrogens with one attached hydrogen (secondary N) is 1. The first kappa shape index (κ1) is 13.1. The van der Waals surface area contributed by atoms with Crippen LogP contribution in [0.5, 0.6) is 0 Å². The molecule has 0 fully saturated rings. The van der Waals surface area contributed by atoms with Crippen LogP contribution in [0.4, 0.5) is 0 Å². The Hall–Kier alpha value is -1.37. The second-order valence-corrected chi connectivity index (χ2v) is 5.63. The smallest absolute Gasteiger partial charge is 0.288 e. The average molecular weight is 279 g/mol. The maximum atomic E-state index is 11.2. The van der Waals surface area contributed by atoms with Gasteiger partial charge >= 0.3 is 0 Å². The summed E-state index contributed by atoms with van der Waals surface area (Å²) in [6.07, 6.45) is 0. The number of carbonyl (C=O) groups is 1. The van der Waals surface area contributed by atoms with Gasteiger partial charge in [-0.3, -0.25) is 10.2 Å². The van der Waals surface area contributed by atoms with Crippen LogP contribution in [0.3, 0.4) is 0 Å². The maximum Gasteiger partial charge on any atom is 0.294 e. The minimum Gasteiger partial charge on any atom is -0.288 e. The fourth-order valence-corrected chi connectivity index (χ4v) is 2.95. The van der Waals surface area contributed by atoms with Crippen molar-refractivity contribution in [1.82, 2.24) is 10.4 Å². The van der Waals surface area contributed by atoms with Crippen molar-refractivity contribution in [2.24, 2.45) is 5.84 Å². The first-order valence-corrected chi connectivity index (χ1v) is 7.20. The predicted octanol–water partition coefficient (Wildman–Crippen LogP) is 2.35. The molecule has 0 saturated carbocycles. The van der Waals surface area contributed by atoms with Crippen molar-refractivity contribution in [1.29, 1.82) is 0 Å². The third kappa shape index (κ3) is 3.32. The number of carbonyl (C=O) groups excluding carboxylic acids is 1. The maximum absolute atomic E-state index is 11.2. The molecule has 3 N–H and O–H groups in total. The Morgan fingerprint density at radius 2 is 2.17 bits per heavy atom. The van der Waals surface area contributed by atoms with Gasteiger partial charge in [0.2, 0.25) is 0 Å². The molecule has 2 aromatic rings. The topological polar surface area (TPSA) is 68.0 Å². The zero-order valence-electron chi connectivity index (χ0n) is 9.84. The molecule has 1 heterocycles. The first-order valence-electron chi connectivity index (χ1n) is 5.34. The third-order valence-corrected chi connectivity index (χ3v) is 4.22. The van der Waals surface area contributed by atoms with Crippen LogP contribution < -0.4 is 11.3 Å². The number of nitrogen functional groups attached to an aromatic ring is 1. The molecule has 0 spiro atoms. The summed E-state index contributed by atoms with van der Waals surface area (Å²) in [5, 5.41) is 2.28. The van der Waals surface area contributed by atoms with Crippen molar-refractivity contribution < 1.29 is 4.79 Å². The molecular weight excluding hydrogens is 266 g/mol. The van der Waals surface area contributed by atoms with E-state index in [9.17, 15) is 4.79 Å². The summed E-state index contributed by atoms with van der Waals surface area (Å²) in [6, 6.07) is 8.33. The minimum absolute atomic E-state index is 0.341. The van der Waals surface area contributed by atoms with Crippen molar-refractivity contribution in [3.05, 3.63) is 45.9 Å². The van der Waals surface area contributed by atoms with E-state index in [1.54, 1.807) is 11.8 Å². The summed E-state index contributed by atoms with van der Waals surface area (Å²) in [5.41, 5.74) is 4.21. The van der Waals surface area contributed by atoms with E-state index in [0.717, 1.165) is 11.4 Å². The van der Waals surface area contributed by atoms with Gasteiger partial charge in [-0.05, 0) is 19.1 Å². The number of hydrogen-bond acceptors (Lipinski definition) is 5. The van der Waals surface area contributed by atoms with Crippen LogP contribution in [0.15, 0.2) is 34.5 Å². The van der Waals surface area contributed by atoms with Gasteiger partial charge in [-0.25, -0.2) is 10.8 Å². The van der Waals surface area contributed by atoms with Crippen LogP contribution in [0, 0.1) is 6.92 Å². The Balaban J connectivity index is 1.96. The summed E-state index contributed by atoms with van der Waals surface area (Å²) < 4.78 is 0. The van der Waals surface area contributed by atoms with Crippen LogP contribution in [-0.4, -0.2) is 10.9 Å². The fraction of sp³-hybridized carbons (Fsp3) is 0.167. The van der Waals surface area contributed by atoms with Crippen molar-refractivity contribution in [2.75, 3.05) is 0 Å². The number of nitrogens with two attached hydrogens (primary N) is 1. The highest BCUT2D eigenvalue weighted by Gasteiger charge is 2.09. The third-order valence-electron chi connectivity index (χ3n) is 2.28. The molecule has 1 amide bonds. The molecule has 0 aliphatic carbocycles. The summed E-state index contributed by atoms with van der Waals surface area (Å²) >= 11 is 3.00. The number of thioether (sulfide) groups is 1. The van der Waals surface area contributed by atoms with E-state index in [1.165, 1.54) is 21.8 Å². The number of aryl methyl sites for hydroxylation is 1. The van der Waals surface area contributed by atoms with Crippen molar-refractivity contribution in [2.45, 2.75) is 17.6 Å². The molecule has 1 aromatic heterocycles. The number of aromatic nitrogens is 1. The van der Waals surface area contributed by atoms with Gasteiger partial charge < -0.3 is 0 Å². The number of rotatable bonds is 4. The molecule has 94 valence electrons. The van der Waals surface area contributed by atoms with Gasteiger partial charge in [-0.2, -0.15) is 0 Å². The lowest BCUT2D eigenvalue weighted by Gasteiger charge is -1.99. The molecule has 0 aliphatic heterocycles. The SMILES string of the molecule is Cc1ccc(SCc2csc(C(=O)NN)n2)cc1. The highest BCUT2D eigenvalue weighted by atomic mass is 32.2. The van der Waals surface area contributed by atoms with E-state index in [-0.39, 0.29) is 5.91 Å². The lowest BCUT2D eigenvalue weighted by molar-refractivity contribution is 0.0953. The number of benzene rings is 1. The minimum atomic E-state index is -0.341. The first-order chi connectivity index (χ1) is 8.69. The van der Waals surface area contributed by atoms with E-state index in [4.69, 9.17) is 5.84 Å². The largest absolute Gasteiger partial charge is 0.294 e. The summed E-state index contributed by atoms with van der Waals surface area (Å²) in [6.45, 7) is 2.06. The molecule has 18 heavy (non-hydrogen) atoms. The molecule has 0 radical (unpaired) electrons. The van der Waals surface area contributed by atoms with Crippen LogP contribution >= 0.6 is 23.1 Å². The van der Waals surface area contributed by atoms with E-state index in [0.29, 0.717) is 5.01 Å². The van der Waals surface area contributed by atoms with Crippen molar-refractivity contribution >= 4 is 29.0 Å². The number of nitrogens with zero attached hydrogens (tertiary/aromatic N) is 1. The van der Waals surface area contributed by atoms with Crippen LogP contribution in [0.2, 0.25) is 0 Å².